The van der Waals surface area contributed by atoms with Gasteiger partial charge < -0.3 is 9.47 Å². The fourth-order valence-electron chi connectivity index (χ4n) is 2.06. The zero-order valence-corrected chi connectivity index (χ0v) is 17.3. The van der Waals surface area contributed by atoms with Crippen molar-refractivity contribution in [3.8, 4) is 11.5 Å². The normalized spacial score (nSPS) is 12.8. The molecule has 2 rings (SSSR count). The lowest BCUT2D eigenvalue weighted by Gasteiger charge is -2.27. The van der Waals surface area contributed by atoms with Crippen LogP contribution in [0.2, 0.25) is 0 Å². The van der Waals surface area contributed by atoms with Gasteiger partial charge in [0.15, 0.2) is 11.5 Å². The third-order valence-corrected chi connectivity index (χ3v) is 4.38. The van der Waals surface area contributed by atoms with Crippen molar-refractivity contribution in [2.75, 3.05) is 7.11 Å². The van der Waals surface area contributed by atoms with Crippen LogP contribution in [0.1, 0.15) is 11.1 Å². The average molecular weight is 550 g/mol. The summed E-state index contributed by atoms with van der Waals surface area (Å²) in [6.07, 6.45) is -5.80. The van der Waals surface area contributed by atoms with Gasteiger partial charge in [-0.1, -0.05) is 12.1 Å². The first-order chi connectivity index (χ1) is 13.9. The van der Waals surface area contributed by atoms with Gasteiger partial charge in [-0.05, 0) is 64.0 Å². The fourth-order valence-corrected chi connectivity index (χ4v) is 2.42. The highest BCUT2D eigenvalue weighted by Crippen LogP contribution is 2.45. The minimum Gasteiger partial charge on any atom is -0.493 e. The number of rotatable bonds is 8. The Balaban J connectivity index is 2.07. The summed E-state index contributed by atoms with van der Waals surface area (Å²) in [4.78, 5) is 0. The van der Waals surface area contributed by atoms with E-state index in [9.17, 15) is 30.7 Å². The summed E-state index contributed by atoms with van der Waals surface area (Å²) < 4.78 is 100.0. The number of hydrogen-bond acceptors (Lipinski definition) is 4. The summed E-state index contributed by atoms with van der Waals surface area (Å²) in [5.41, 5.74) is 1.52. The van der Waals surface area contributed by atoms with E-state index in [1.54, 1.807) is 0 Å². The minimum absolute atomic E-state index is 0.0899. The maximum Gasteiger partial charge on any atom is 0.462 e. The third kappa shape index (κ3) is 5.67. The molecule has 0 saturated carbocycles. The Hall–Kier alpha value is -2.25. The van der Waals surface area contributed by atoms with Crippen molar-refractivity contribution >= 4 is 28.8 Å². The minimum atomic E-state index is -6.45. The molecular formula is C18H14F7IN2O2. The SMILES string of the molecule is COc1cc(/C=N/NC(F)(F)C(F)(F)C(F)(F)F)ccc1OCc1ccc(I)cc1. The van der Waals surface area contributed by atoms with Gasteiger partial charge in [-0.2, -0.15) is 35.8 Å². The lowest BCUT2D eigenvalue weighted by molar-refractivity contribution is -0.361. The number of halogens is 8. The summed E-state index contributed by atoms with van der Waals surface area (Å²) in [7, 11) is 1.31. The standard InChI is InChI=1S/C18H14F7IN2O2/c1-29-15-8-12(9-27-28-18(24,25)16(19,20)17(21,22)23)4-7-14(15)30-10-11-2-5-13(26)6-3-11/h2-9,28H,10H2,1H3/b27-9+. The quantitative estimate of drug-likeness (QED) is 0.153. The summed E-state index contributed by atoms with van der Waals surface area (Å²) in [5, 5.41) is 2.80. The van der Waals surface area contributed by atoms with Crippen LogP contribution >= 0.6 is 22.6 Å². The van der Waals surface area contributed by atoms with E-state index >= 15 is 0 Å². The fraction of sp³-hybridized carbons (Fsp3) is 0.278. The van der Waals surface area contributed by atoms with Gasteiger partial charge >= 0.3 is 18.1 Å². The molecule has 0 radical (unpaired) electrons. The molecule has 0 unspecified atom stereocenters. The number of alkyl halides is 7. The van der Waals surface area contributed by atoms with E-state index in [0.29, 0.717) is 17.4 Å². The summed E-state index contributed by atoms with van der Waals surface area (Å²) >= 11 is 2.15. The molecule has 0 atom stereocenters. The molecular weight excluding hydrogens is 536 g/mol. The number of methoxy groups -OCH3 is 1. The Morgan fingerprint density at radius 3 is 2.17 bits per heavy atom. The predicted octanol–water partition coefficient (Wildman–Crippen LogP) is 5.59. The van der Waals surface area contributed by atoms with Gasteiger partial charge in [0.05, 0.1) is 13.3 Å². The van der Waals surface area contributed by atoms with Crippen molar-refractivity contribution < 1.29 is 40.2 Å². The Bertz CT molecular complexity index is 887. The van der Waals surface area contributed by atoms with Crippen molar-refractivity contribution in [3.63, 3.8) is 0 Å². The second-order valence-corrected chi connectivity index (χ2v) is 7.09. The third-order valence-electron chi connectivity index (χ3n) is 3.66. The smallest absolute Gasteiger partial charge is 0.462 e. The van der Waals surface area contributed by atoms with E-state index < -0.39 is 18.1 Å². The van der Waals surface area contributed by atoms with Crippen LogP contribution in [0.25, 0.3) is 0 Å². The molecule has 0 aliphatic carbocycles. The zero-order valence-electron chi connectivity index (χ0n) is 15.1. The predicted molar refractivity (Wildman–Crippen MR) is 103 cm³/mol. The first kappa shape index (κ1) is 24.0. The average Bonchev–Trinajstić information content (AvgIpc) is 2.67. The lowest BCUT2D eigenvalue weighted by Crippen LogP contribution is -2.58. The van der Waals surface area contributed by atoms with E-state index in [4.69, 9.17) is 9.47 Å². The van der Waals surface area contributed by atoms with Gasteiger partial charge in [-0.3, -0.25) is 0 Å². The van der Waals surface area contributed by atoms with E-state index in [1.807, 2.05) is 24.3 Å². The van der Waals surface area contributed by atoms with Gasteiger partial charge in [0, 0.05) is 3.57 Å². The summed E-state index contributed by atoms with van der Waals surface area (Å²) in [6.45, 7) is 0.209. The van der Waals surface area contributed by atoms with Crippen LogP contribution in [0.3, 0.4) is 0 Å². The second-order valence-electron chi connectivity index (χ2n) is 5.84. The van der Waals surface area contributed by atoms with Gasteiger partial charge in [-0.15, -0.1) is 0 Å². The van der Waals surface area contributed by atoms with Crippen LogP contribution in [-0.2, 0) is 6.61 Å². The molecule has 164 valence electrons. The Kier molecular flexibility index (Phi) is 7.42. The van der Waals surface area contributed by atoms with E-state index in [1.165, 1.54) is 25.3 Å². The Morgan fingerprint density at radius 2 is 1.60 bits per heavy atom. The molecule has 30 heavy (non-hydrogen) atoms. The molecule has 0 fully saturated rings. The molecule has 0 spiro atoms. The van der Waals surface area contributed by atoms with Crippen molar-refractivity contribution in [2.24, 2.45) is 5.10 Å². The first-order valence-electron chi connectivity index (χ1n) is 8.05. The van der Waals surface area contributed by atoms with Crippen LogP contribution < -0.4 is 14.9 Å². The van der Waals surface area contributed by atoms with Crippen molar-refractivity contribution in [1.29, 1.82) is 0 Å². The molecule has 0 bridgehead atoms. The van der Waals surface area contributed by atoms with Crippen LogP contribution in [-0.4, -0.2) is 31.5 Å². The van der Waals surface area contributed by atoms with Crippen molar-refractivity contribution in [1.82, 2.24) is 5.43 Å². The lowest BCUT2D eigenvalue weighted by atomic mass is 10.2. The number of hydrazone groups is 1. The largest absolute Gasteiger partial charge is 0.493 e. The van der Waals surface area contributed by atoms with Crippen molar-refractivity contribution in [3.05, 3.63) is 57.2 Å². The Morgan fingerprint density at radius 1 is 0.967 bits per heavy atom. The van der Waals surface area contributed by atoms with E-state index in [-0.39, 0.29) is 17.9 Å². The Labute approximate surface area is 180 Å². The van der Waals surface area contributed by atoms with Crippen LogP contribution in [0.5, 0.6) is 11.5 Å². The van der Waals surface area contributed by atoms with Gasteiger partial charge in [0.25, 0.3) is 0 Å². The van der Waals surface area contributed by atoms with Gasteiger partial charge in [0.2, 0.25) is 0 Å². The van der Waals surface area contributed by atoms with Crippen molar-refractivity contribution in [2.45, 2.75) is 24.8 Å². The first-order valence-corrected chi connectivity index (χ1v) is 9.13. The molecule has 0 aliphatic heterocycles. The molecule has 0 heterocycles. The molecule has 12 heteroatoms. The highest BCUT2D eigenvalue weighted by molar-refractivity contribution is 14.1. The van der Waals surface area contributed by atoms with Crippen LogP contribution in [0.15, 0.2) is 47.6 Å². The number of benzene rings is 2. The number of nitrogens with zero attached hydrogens (tertiary/aromatic N) is 1. The monoisotopic (exact) mass is 550 g/mol. The highest BCUT2D eigenvalue weighted by atomic mass is 127. The van der Waals surface area contributed by atoms with Crippen LogP contribution in [0, 0.1) is 3.57 Å². The highest BCUT2D eigenvalue weighted by Gasteiger charge is 2.73. The maximum absolute atomic E-state index is 13.2. The second kappa shape index (κ2) is 9.27. The number of ether oxygens (including phenoxy) is 2. The molecule has 1 N–H and O–H groups in total. The van der Waals surface area contributed by atoms with Gasteiger partial charge in [-0.25, -0.2) is 5.43 Å². The molecule has 4 nitrogen and oxygen atoms in total. The van der Waals surface area contributed by atoms with E-state index in [0.717, 1.165) is 9.13 Å². The molecule has 0 amide bonds. The zero-order chi connectivity index (χ0) is 22.6. The summed E-state index contributed by atoms with van der Waals surface area (Å²) in [6, 6.07) is 5.89. The number of nitrogens with one attached hydrogen (secondary N) is 1. The topological polar surface area (TPSA) is 42.8 Å². The molecule has 0 aromatic heterocycles. The molecule has 2 aromatic carbocycles. The summed E-state index contributed by atoms with van der Waals surface area (Å²) in [5.74, 6) is -5.82. The number of hydrogen-bond donors (Lipinski definition) is 1. The van der Waals surface area contributed by atoms with E-state index in [2.05, 4.69) is 27.7 Å². The molecule has 0 saturated heterocycles. The molecule has 2 aromatic rings. The molecule has 0 aliphatic rings. The maximum atomic E-state index is 13.2. The van der Waals surface area contributed by atoms with Crippen LogP contribution in [0.4, 0.5) is 30.7 Å². The van der Waals surface area contributed by atoms with Gasteiger partial charge in [0.1, 0.15) is 6.61 Å².